The van der Waals surface area contributed by atoms with Gasteiger partial charge in [-0.2, -0.15) is 0 Å². The molecule has 3 heterocycles. The summed E-state index contributed by atoms with van der Waals surface area (Å²) < 4.78 is 5.45. The maximum absolute atomic E-state index is 12.8. The number of amides is 2. The van der Waals surface area contributed by atoms with Gasteiger partial charge in [0.1, 0.15) is 11.1 Å². The molecule has 1 aliphatic rings. The number of H-pyrrole nitrogens is 1. The number of rotatable bonds is 5. The van der Waals surface area contributed by atoms with Gasteiger partial charge in [0.2, 0.25) is 11.6 Å². The molecule has 8 nitrogen and oxygen atoms in total. The van der Waals surface area contributed by atoms with Gasteiger partial charge < -0.3 is 19.6 Å². The number of aryl methyl sites for hydroxylation is 1. The fourth-order valence-electron chi connectivity index (χ4n) is 3.85. The molecule has 0 unspecified atom stereocenters. The van der Waals surface area contributed by atoms with E-state index in [0.29, 0.717) is 18.7 Å². The second-order valence-corrected chi connectivity index (χ2v) is 7.17. The number of carbonyl (C=O) groups is 2. The molecule has 1 aromatic carbocycles. The molecular formula is C21H22N4O4. The fraction of sp³-hybridized carbons (Fsp3) is 0.333. The molecule has 0 spiro atoms. The Labute approximate surface area is 166 Å². The van der Waals surface area contributed by atoms with Crippen LogP contribution < -0.4 is 10.9 Å². The first-order valence-corrected chi connectivity index (χ1v) is 9.62. The number of hydrogen-bond acceptors (Lipinski definition) is 5. The van der Waals surface area contributed by atoms with Gasteiger partial charge in [-0.3, -0.25) is 14.4 Å². The molecule has 0 radical (unpaired) electrons. The minimum absolute atomic E-state index is 0.104. The smallest absolute Gasteiger partial charge is 0.262 e. The zero-order valence-corrected chi connectivity index (χ0v) is 16.4. The van der Waals surface area contributed by atoms with Gasteiger partial charge in [-0.1, -0.05) is 25.1 Å². The Balaban J connectivity index is 1.58. The van der Waals surface area contributed by atoms with Crippen LogP contribution in [0.25, 0.3) is 11.1 Å². The van der Waals surface area contributed by atoms with Crippen LogP contribution in [0.1, 0.15) is 46.2 Å². The van der Waals surface area contributed by atoms with Crippen molar-refractivity contribution in [2.45, 2.75) is 39.8 Å². The van der Waals surface area contributed by atoms with Crippen LogP contribution in [0.15, 0.2) is 33.7 Å². The summed E-state index contributed by atoms with van der Waals surface area (Å²) >= 11 is 0. The van der Waals surface area contributed by atoms with E-state index in [2.05, 4.69) is 22.2 Å². The molecule has 0 fully saturated rings. The second-order valence-electron chi connectivity index (χ2n) is 7.17. The Hall–Kier alpha value is -3.42. The highest BCUT2D eigenvalue weighted by Gasteiger charge is 2.25. The first kappa shape index (κ1) is 18.9. The van der Waals surface area contributed by atoms with Gasteiger partial charge in [0.25, 0.3) is 11.5 Å². The number of carbonyl (C=O) groups excluding carboxylic acids is 2. The average Bonchev–Trinajstić information content (AvgIpc) is 3.04. The molecule has 0 saturated heterocycles. The summed E-state index contributed by atoms with van der Waals surface area (Å²) in [6.07, 6.45) is 2.49. The Morgan fingerprint density at radius 2 is 2.17 bits per heavy atom. The van der Waals surface area contributed by atoms with E-state index in [1.165, 1.54) is 6.33 Å². The van der Waals surface area contributed by atoms with Crippen molar-refractivity contribution in [2.75, 3.05) is 6.54 Å². The number of benzene rings is 1. The molecule has 2 amide bonds. The standard InChI is InChI=1S/C21H22N4O4/c1-3-7-25-10-14-6-4-5-13(15(14)8-16(25)26)9-22-19(27)17-12(2)29-21-18(17)20(28)23-11-24-21/h4-6,11H,3,7-10H2,1-2H3,(H,22,27)(H,23,24,28). The van der Waals surface area contributed by atoms with Crippen LogP contribution in [0.4, 0.5) is 0 Å². The number of aromatic nitrogens is 2. The maximum Gasteiger partial charge on any atom is 0.262 e. The molecule has 8 heteroatoms. The Kier molecular flexibility index (Phi) is 4.92. The number of fused-ring (bicyclic) bond motifs is 2. The van der Waals surface area contributed by atoms with Gasteiger partial charge >= 0.3 is 0 Å². The molecule has 4 rings (SSSR count). The van der Waals surface area contributed by atoms with E-state index >= 15 is 0 Å². The van der Waals surface area contributed by atoms with Crippen molar-refractivity contribution in [1.82, 2.24) is 20.2 Å². The minimum atomic E-state index is -0.421. The highest BCUT2D eigenvalue weighted by molar-refractivity contribution is 6.06. The van der Waals surface area contributed by atoms with Crippen LogP contribution in [0.3, 0.4) is 0 Å². The SMILES string of the molecule is CCCN1Cc2cccc(CNC(=O)c3c(C)oc4nc[nH]c(=O)c34)c2CC1=O. The highest BCUT2D eigenvalue weighted by Crippen LogP contribution is 2.24. The molecule has 0 bridgehead atoms. The van der Waals surface area contributed by atoms with Crippen LogP contribution in [0.2, 0.25) is 0 Å². The molecule has 2 aromatic heterocycles. The third-order valence-corrected chi connectivity index (χ3v) is 5.24. The summed E-state index contributed by atoms with van der Waals surface area (Å²) in [7, 11) is 0. The van der Waals surface area contributed by atoms with Gasteiger partial charge in [0, 0.05) is 19.6 Å². The predicted octanol–water partition coefficient (Wildman–Crippen LogP) is 2.05. The maximum atomic E-state index is 12.8. The Morgan fingerprint density at radius 1 is 1.34 bits per heavy atom. The molecule has 29 heavy (non-hydrogen) atoms. The lowest BCUT2D eigenvalue weighted by Gasteiger charge is -2.29. The highest BCUT2D eigenvalue weighted by atomic mass is 16.3. The molecule has 0 aliphatic carbocycles. The molecule has 2 N–H and O–H groups in total. The normalized spacial score (nSPS) is 13.6. The molecule has 0 saturated carbocycles. The summed E-state index contributed by atoms with van der Waals surface area (Å²) in [5.74, 6) is 0.0293. The second kappa shape index (κ2) is 7.54. The summed E-state index contributed by atoms with van der Waals surface area (Å²) in [5.41, 5.74) is 2.88. The lowest BCUT2D eigenvalue weighted by molar-refractivity contribution is -0.131. The molecule has 3 aromatic rings. The van der Waals surface area contributed by atoms with E-state index in [1.54, 1.807) is 6.92 Å². The number of furan rings is 1. The van der Waals surface area contributed by atoms with Crippen molar-refractivity contribution in [1.29, 1.82) is 0 Å². The molecule has 150 valence electrons. The van der Waals surface area contributed by atoms with Gasteiger partial charge in [0.05, 0.1) is 18.3 Å². The van der Waals surface area contributed by atoms with E-state index in [0.717, 1.165) is 29.7 Å². The summed E-state index contributed by atoms with van der Waals surface area (Å²) in [4.78, 5) is 45.7. The van der Waals surface area contributed by atoms with Crippen molar-refractivity contribution >= 4 is 22.9 Å². The van der Waals surface area contributed by atoms with Crippen molar-refractivity contribution in [3.05, 3.63) is 62.9 Å². The number of aromatic amines is 1. The summed E-state index contributed by atoms with van der Waals surface area (Å²) in [5, 5.41) is 3.00. The zero-order chi connectivity index (χ0) is 20.5. The zero-order valence-electron chi connectivity index (χ0n) is 16.4. The lowest BCUT2D eigenvalue weighted by Crippen LogP contribution is -2.37. The quantitative estimate of drug-likeness (QED) is 0.689. The number of hydrogen-bond donors (Lipinski definition) is 2. The van der Waals surface area contributed by atoms with Crippen LogP contribution in [0, 0.1) is 6.92 Å². The fourth-order valence-corrected chi connectivity index (χ4v) is 3.85. The number of nitrogens with one attached hydrogen (secondary N) is 2. The van der Waals surface area contributed by atoms with E-state index < -0.39 is 11.5 Å². The molecular weight excluding hydrogens is 372 g/mol. The van der Waals surface area contributed by atoms with Crippen molar-refractivity contribution in [3.63, 3.8) is 0 Å². The third kappa shape index (κ3) is 3.41. The number of nitrogens with zero attached hydrogens (tertiary/aromatic N) is 2. The molecule has 1 aliphatic heterocycles. The van der Waals surface area contributed by atoms with E-state index in [9.17, 15) is 14.4 Å². The van der Waals surface area contributed by atoms with Crippen LogP contribution in [-0.4, -0.2) is 33.2 Å². The van der Waals surface area contributed by atoms with E-state index in [-0.39, 0.29) is 29.1 Å². The molecule has 0 atom stereocenters. The van der Waals surface area contributed by atoms with Gasteiger partial charge in [-0.25, -0.2) is 4.98 Å². The summed E-state index contributed by atoms with van der Waals surface area (Å²) in [6.45, 7) is 5.27. The topological polar surface area (TPSA) is 108 Å². The third-order valence-electron chi connectivity index (χ3n) is 5.24. The minimum Gasteiger partial charge on any atom is -0.442 e. The van der Waals surface area contributed by atoms with Crippen LogP contribution >= 0.6 is 0 Å². The van der Waals surface area contributed by atoms with Gasteiger partial charge in [0.15, 0.2) is 0 Å². The summed E-state index contributed by atoms with van der Waals surface area (Å²) in [6, 6.07) is 5.87. The first-order chi connectivity index (χ1) is 14.0. The average molecular weight is 394 g/mol. The largest absolute Gasteiger partial charge is 0.442 e. The van der Waals surface area contributed by atoms with Gasteiger partial charge in [-0.15, -0.1) is 0 Å². The van der Waals surface area contributed by atoms with Crippen LogP contribution in [-0.2, 0) is 24.3 Å². The Morgan fingerprint density at radius 3 is 2.97 bits per heavy atom. The lowest BCUT2D eigenvalue weighted by atomic mass is 9.93. The van der Waals surface area contributed by atoms with Crippen molar-refractivity contribution in [3.8, 4) is 0 Å². The first-order valence-electron chi connectivity index (χ1n) is 9.62. The van der Waals surface area contributed by atoms with E-state index in [1.807, 2.05) is 23.1 Å². The van der Waals surface area contributed by atoms with Crippen molar-refractivity contribution in [2.24, 2.45) is 0 Å². The predicted molar refractivity (Wildman–Crippen MR) is 106 cm³/mol. The monoisotopic (exact) mass is 394 g/mol. The Bertz CT molecular complexity index is 1160. The van der Waals surface area contributed by atoms with Crippen molar-refractivity contribution < 1.29 is 14.0 Å². The van der Waals surface area contributed by atoms with Crippen LogP contribution in [0.5, 0.6) is 0 Å². The van der Waals surface area contributed by atoms with E-state index in [4.69, 9.17) is 4.42 Å². The van der Waals surface area contributed by atoms with Gasteiger partial charge in [-0.05, 0) is 30.0 Å².